The lowest BCUT2D eigenvalue weighted by molar-refractivity contribution is -0.137. The maximum Gasteiger partial charge on any atom is 0.416 e. The first-order valence-electron chi connectivity index (χ1n) is 5.28. The van der Waals surface area contributed by atoms with Crippen molar-refractivity contribution in [2.24, 2.45) is 0 Å². The highest BCUT2D eigenvalue weighted by atomic mass is 79.9. The second-order valence-electron chi connectivity index (χ2n) is 3.92. The van der Waals surface area contributed by atoms with Crippen LogP contribution >= 0.6 is 15.9 Å². The van der Waals surface area contributed by atoms with Gasteiger partial charge >= 0.3 is 6.18 Å². The Hall–Kier alpha value is -1.80. The molecule has 0 fully saturated rings. The van der Waals surface area contributed by atoms with E-state index in [0.717, 1.165) is 12.1 Å². The molecule has 0 spiro atoms. The summed E-state index contributed by atoms with van der Waals surface area (Å²) in [6.45, 7) is 0. The minimum absolute atomic E-state index is 0.448. The number of hydrogen-bond acceptors (Lipinski definition) is 1. The Morgan fingerprint density at radius 2 is 1.58 bits per heavy atom. The second kappa shape index (κ2) is 5.06. The van der Waals surface area contributed by atoms with Gasteiger partial charge in [-0.15, -0.1) is 0 Å². The van der Waals surface area contributed by atoms with E-state index in [1.54, 1.807) is 18.2 Å². The molecule has 19 heavy (non-hydrogen) atoms. The summed E-state index contributed by atoms with van der Waals surface area (Å²) in [7, 11) is 0. The van der Waals surface area contributed by atoms with Crippen LogP contribution in [0.25, 0.3) is 11.1 Å². The summed E-state index contributed by atoms with van der Waals surface area (Å²) >= 11 is 3.27. The monoisotopic (exact) mass is 325 g/mol. The molecule has 0 amide bonds. The average molecular weight is 326 g/mol. The molecule has 2 aromatic carbocycles. The van der Waals surface area contributed by atoms with Gasteiger partial charge in [-0.3, -0.25) is 0 Å². The van der Waals surface area contributed by atoms with Crippen LogP contribution in [-0.2, 0) is 6.18 Å². The Balaban J connectivity index is 2.43. The van der Waals surface area contributed by atoms with Crippen molar-refractivity contribution in [2.75, 3.05) is 0 Å². The van der Waals surface area contributed by atoms with Crippen LogP contribution in [0, 0.1) is 11.3 Å². The molecular formula is C14H7BrF3N. The quantitative estimate of drug-likeness (QED) is 0.723. The molecule has 0 unspecified atom stereocenters. The Labute approximate surface area is 116 Å². The first-order chi connectivity index (χ1) is 8.90. The maximum absolute atomic E-state index is 12.5. The highest BCUT2D eigenvalue weighted by molar-refractivity contribution is 9.10. The number of nitriles is 1. The van der Waals surface area contributed by atoms with Crippen molar-refractivity contribution in [3.8, 4) is 17.2 Å². The molecule has 0 bridgehead atoms. The van der Waals surface area contributed by atoms with E-state index < -0.39 is 11.7 Å². The predicted octanol–water partition coefficient (Wildman–Crippen LogP) is 5.01. The average Bonchev–Trinajstić information content (AvgIpc) is 2.37. The van der Waals surface area contributed by atoms with E-state index >= 15 is 0 Å². The molecule has 0 aliphatic heterocycles. The molecule has 2 aromatic rings. The van der Waals surface area contributed by atoms with Gasteiger partial charge < -0.3 is 0 Å². The SMILES string of the molecule is N#Cc1cc(Br)cc(-c2ccc(C(F)(F)F)cc2)c1. The highest BCUT2D eigenvalue weighted by Crippen LogP contribution is 2.31. The molecule has 0 heterocycles. The molecule has 0 atom stereocenters. The number of rotatable bonds is 1. The van der Waals surface area contributed by atoms with Crippen molar-refractivity contribution < 1.29 is 13.2 Å². The van der Waals surface area contributed by atoms with Gasteiger partial charge in [0.1, 0.15) is 0 Å². The molecule has 0 N–H and O–H groups in total. The van der Waals surface area contributed by atoms with Crippen molar-refractivity contribution >= 4 is 15.9 Å². The van der Waals surface area contributed by atoms with Crippen LogP contribution in [0.4, 0.5) is 13.2 Å². The summed E-state index contributed by atoms with van der Waals surface area (Å²) in [5.41, 5.74) is 1.08. The summed E-state index contributed by atoms with van der Waals surface area (Å²) in [6.07, 6.45) is -4.34. The van der Waals surface area contributed by atoms with Crippen LogP contribution < -0.4 is 0 Å². The fourth-order valence-electron chi connectivity index (χ4n) is 1.67. The van der Waals surface area contributed by atoms with Crippen LogP contribution in [0.1, 0.15) is 11.1 Å². The zero-order valence-corrected chi connectivity index (χ0v) is 11.1. The van der Waals surface area contributed by atoms with E-state index in [0.29, 0.717) is 21.2 Å². The van der Waals surface area contributed by atoms with E-state index in [-0.39, 0.29) is 0 Å². The minimum Gasteiger partial charge on any atom is -0.192 e. The number of hydrogen-bond donors (Lipinski definition) is 0. The zero-order chi connectivity index (χ0) is 14.0. The molecule has 0 radical (unpaired) electrons. The molecule has 1 nitrogen and oxygen atoms in total. The molecule has 2 rings (SSSR count). The van der Waals surface area contributed by atoms with E-state index in [1.807, 2.05) is 6.07 Å². The summed E-state index contributed by atoms with van der Waals surface area (Å²) in [6, 6.07) is 11.9. The lowest BCUT2D eigenvalue weighted by Crippen LogP contribution is -2.03. The van der Waals surface area contributed by atoms with Crippen molar-refractivity contribution in [3.63, 3.8) is 0 Å². The van der Waals surface area contributed by atoms with Crippen molar-refractivity contribution in [3.05, 3.63) is 58.1 Å². The molecule has 5 heteroatoms. The topological polar surface area (TPSA) is 23.8 Å². The van der Waals surface area contributed by atoms with Crippen molar-refractivity contribution in [1.82, 2.24) is 0 Å². The number of halogens is 4. The Morgan fingerprint density at radius 1 is 0.947 bits per heavy atom. The Morgan fingerprint density at radius 3 is 2.11 bits per heavy atom. The normalized spacial score (nSPS) is 11.1. The number of nitrogens with zero attached hydrogens (tertiary/aromatic N) is 1. The Bertz CT molecular complexity index is 639. The van der Waals surface area contributed by atoms with Crippen LogP contribution in [0.3, 0.4) is 0 Å². The molecule has 0 saturated heterocycles. The second-order valence-corrected chi connectivity index (χ2v) is 4.83. The standard InChI is InChI=1S/C14H7BrF3N/c15-13-6-9(8-19)5-11(7-13)10-1-3-12(4-2-10)14(16,17)18/h1-7H. The Kier molecular flexibility index (Phi) is 3.63. The fraction of sp³-hybridized carbons (Fsp3) is 0.0714. The van der Waals surface area contributed by atoms with E-state index in [2.05, 4.69) is 15.9 Å². The zero-order valence-electron chi connectivity index (χ0n) is 9.50. The van der Waals surface area contributed by atoms with Gasteiger partial charge in [-0.2, -0.15) is 18.4 Å². The van der Waals surface area contributed by atoms with Gasteiger partial charge in [-0.25, -0.2) is 0 Å². The number of alkyl halides is 3. The molecular weight excluding hydrogens is 319 g/mol. The van der Waals surface area contributed by atoms with Gasteiger partial charge in [0.15, 0.2) is 0 Å². The minimum atomic E-state index is -4.34. The fourth-order valence-corrected chi connectivity index (χ4v) is 2.17. The molecule has 0 saturated carbocycles. The van der Waals surface area contributed by atoms with Crippen molar-refractivity contribution in [2.45, 2.75) is 6.18 Å². The predicted molar refractivity (Wildman–Crippen MR) is 69.3 cm³/mol. The van der Waals surface area contributed by atoms with Crippen LogP contribution in [0.15, 0.2) is 46.9 Å². The van der Waals surface area contributed by atoms with Gasteiger partial charge in [-0.05, 0) is 41.5 Å². The number of benzene rings is 2. The van der Waals surface area contributed by atoms with Gasteiger partial charge in [-0.1, -0.05) is 28.1 Å². The van der Waals surface area contributed by atoms with Gasteiger partial charge in [0, 0.05) is 4.47 Å². The third kappa shape index (κ3) is 3.15. The van der Waals surface area contributed by atoms with Crippen molar-refractivity contribution in [1.29, 1.82) is 5.26 Å². The van der Waals surface area contributed by atoms with Crippen LogP contribution in [0.2, 0.25) is 0 Å². The third-order valence-electron chi connectivity index (χ3n) is 2.57. The molecule has 0 aliphatic carbocycles. The summed E-state index contributed by atoms with van der Waals surface area (Å²) in [4.78, 5) is 0. The maximum atomic E-state index is 12.5. The highest BCUT2D eigenvalue weighted by Gasteiger charge is 2.29. The summed E-state index contributed by atoms with van der Waals surface area (Å²) < 4.78 is 38.1. The van der Waals surface area contributed by atoms with Gasteiger partial charge in [0.25, 0.3) is 0 Å². The lowest BCUT2D eigenvalue weighted by Gasteiger charge is -2.08. The summed E-state index contributed by atoms with van der Waals surface area (Å²) in [5.74, 6) is 0. The van der Waals surface area contributed by atoms with Gasteiger partial charge in [0.05, 0.1) is 17.2 Å². The first-order valence-corrected chi connectivity index (χ1v) is 6.08. The molecule has 96 valence electrons. The largest absolute Gasteiger partial charge is 0.416 e. The lowest BCUT2D eigenvalue weighted by atomic mass is 10.0. The molecule has 0 aromatic heterocycles. The smallest absolute Gasteiger partial charge is 0.192 e. The van der Waals surface area contributed by atoms with Crippen LogP contribution in [0.5, 0.6) is 0 Å². The summed E-state index contributed by atoms with van der Waals surface area (Å²) in [5, 5.41) is 8.86. The first kappa shape index (κ1) is 13.6. The van der Waals surface area contributed by atoms with E-state index in [4.69, 9.17) is 5.26 Å². The third-order valence-corrected chi connectivity index (χ3v) is 3.03. The molecule has 0 aliphatic rings. The van der Waals surface area contributed by atoms with E-state index in [9.17, 15) is 13.2 Å². The van der Waals surface area contributed by atoms with Crippen LogP contribution in [-0.4, -0.2) is 0 Å². The van der Waals surface area contributed by atoms with Gasteiger partial charge in [0.2, 0.25) is 0 Å². The van der Waals surface area contributed by atoms with E-state index in [1.165, 1.54) is 12.1 Å².